The van der Waals surface area contributed by atoms with Crippen LogP contribution < -0.4 is 46.4 Å². The Morgan fingerprint density at radius 3 is 1.10 bits per heavy atom. The van der Waals surface area contributed by atoms with Crippen molar-refractivity contribution in [2.45, 2.75) is 52.6 Å². The van der Waals surface area contributed by atoms with Crippen molar-refractivity contribution in [3.8, 4) is 22.5 Å². The van der Waals surface area contributed by atoms with Gasteiger partial charge < -0.3 is 0 Å². The Bertz CT molecular complexity index is 1750. The Morgan fingerprint density at radius 2 is 0.771 bits per heavy atom. The number of rotatable bonds is 9. The lowest BCUT2D eigenvalue weighted by Gasteiger charge is -2.17. The highest BCUT2D eigenvalue weighted by atomic mass is 35.7. The van der Waals surface area contributed by atoms with Gasteiger partial charge in [-0.2, -0.15) is 8.80 Å². The van der Waals surface area contributed by atoms with Gasteiger partial charge in [-0.25, -0.2) is 46.4 Å². The van der Waals surface area contributed by atoms with Crippen molar-refractivity contribution < 1.29 is 66.9 Å². The maximum absolute atomic E-state index is 8.49. The monoisotopic (exact) mass is 698 g/mol. The van der Waals surface area contributed by atoms with Crippen LogP contribution in [0, 0.1) is 34.3 Å². The van der Waals surface area contributed by atoms with E-state index in [0.717, 1.165) is 13.1 Å². The fraction of sp³-hybridized carbons (Fsp3) is 0.235. The van der Waals surface area contributed by atoms with Crippen molar-refractivity contribution in [3.63, 3.8) is 0 Å². The molecule has 6 rings (SSSR count). The van der Waals surface area contributed by atoms with Gasteiger partial charge in [-0.3, -0.25) is 0 Å². The highest BCUT2D eigenvalue weighted by Gasteiger charge is 2.24. The molecule has 2 aromatic carbocycles. The summed E-state index contributed by atoms with van der Waals surface area (Å²) >= 11 is 0. The van der Waals surface area contributed by atoms with Gasteiger partial charge in [-0.15, -0.1) is 20.5 Å². The molecule has 4 heterocycles. The van der Waals surface area contributed by atoms with Crippen LogP contribution in [0.1, 0.15) is 37.1 Å². The molecule has 0 saturated carbocycles. The summed E-state index contributed by atoms with van der Waals surface area (Å²) in [6.07, 6.45) is 9.14. The fourth-order valence-corrected chi connectivity index (χ4v) is 5.99. The Labute approximate surface area is 282 Å². The van der Waals surface area contributed by atoms with Crippen molar-refractivity contribution in [1.29, 1.82) is 0 Å². The predicted octanol–water partition coefficient (Wildman–Crippen LogP) is -2.53. The zero-order valence-corrected chi connectivity index (χ0v) is 28.0. The molecule has 0 aliphatic carbocycles. The second-order valence-electron chi connectivity index (χ2n) is 10.9. The molecule has 14 heteroatoms. The van der Waals surface area contributed by atoms with Crippen LogP contribution in [0.4, 0.5) is 0 Å². The molecule has 0 radical (unpaired) electrons. The molecule has 4 aromatic heterocycles. The molecule has 6 aromatic rings. The van der Waals surface area contributed by atoms with E-state index in [1.165, 1.54) is 70.9 Å². The Kier molecular flexibility index (Phi) is 12.7. The second-order valence-corrected chi connectivity index (χ2v) is 12.4. The number of unbranched alkanes of at least 4 members (excludes halogenated alkanes) is 3. The highest BCUT2D eigenvalue weighted by molar-refractivity contribution is 5.62. The average Bonchev–Trinajstić information content (AvgIpc) is 3.48. The molecule has 0 saturated heterocycles. The van der Waals surface area contributed by atoms with E-state index >= 15 is 0 Å². The molecule has 0 atom stereocenters. The number of hydrogen-bond donors (Lipinski definition) is 0. The van der Waals surface area contributed by atoms with Gasteiger partial charge in [0.25, 0.3) is 11.3 Å². The maximum Gasteiger partial charge on any atom is 0.286 e. The van der Waals surface area contributed by atoms with Gasteiger partial charge in [-0.1, -0.05) is 72.8 Å². The van der Waals surface area contributed by atoms with E-state index in [-0.39, 0.29) is 0 Å². The summed E-state index contributed by atoms with van der Waals surface area (Å²) in [6.45, 7) is 6.53. The number of imidazole rings is 2. The average molecular weight is 700 g/mol. The molecule has 48 heavy (non-hydrogen) atoms. The number of nitrogens with zero attached hydrogens (tertiary/aromatic N) is 4. The summed E-state index contributed by atoms with van der Waals surface area (Å²) in [7, 11) is -9.89. The van der Waals surface area contributed by atoms with Crippen LogP contribution in [-0.4, -0.2) is 8.80 Å². The van der Waals surface area contributed by atoms with Crippen molar-refractivity contribution in [3.05, 3.63) is 121 Å². The van der Waals surface area contributed by atoms with Crippen LogP contribution in [0.25, 0.3) is 33.8 Å². The lowest BCUT2D eigenvalue weighted by Crippen LogP contribution is -2.68. The van der Waals surface area contributed by atoms with E-state index in [1.54, 1.807) is 0 Å². The molecule has 0 amide bonds. The molecule has 0 N–H and O–H groups in total. The minimum absolute atomic E-state index is 1.03. The Morgan fingerprint density at radius 1 is 0.458 bits per heavy atom. The molecule has 0 bridgehead atoms. The first kappa shape index (κ1) is 36.9. The number of pyridine rings is 2. The Hall–Kier alpha value is -3.92. The molecular weight excluding hydrogens is 663 g/mol. The van der Waals surface area contributed by atoms with Crippen LogP contribution in [0.15, 0.2) is 109 Å². The summed E-state index contributed by atoms with van der Waals surface area (Å²) in [5, 5.41) is 0. The fourth-order valence-electron chi connectivity index (χ4n) is 5.99. The number of aryl methyl sites for hydroxylation is 4. The van der Waals surface area contributed by atoms with Crippen molar-refractivity contribution >= 4 is 11.3 Å². The smallest absolute Gasteiger partial charge is 0.223 e. The molecule has 0 unspecified atom stereocenters. The molecule has 0 aliphatic heterocycles. The minimum atomic E-state index is -4.94. The number of fused-ring (bicyclic) bond motifs is 2. The minimum Gasteiger partial charge on any atom is -0.223 e. The van der Waals surface area contributed by atoms with Crippen molar-refractivity contribution in [1.82, 2.24) is 8.80 Å². The number of aromatic nitrogens is 4. The standard InChI is InChI=1S/C34H36N4.2ClHO4/c1-27-33(29-17-7-5-8-18-29)37(31-21-11-15-23-35(27)31)25-13-3-4-14-26-38-32-22-12-16-24-36(32)28(2)34(38)30-19-9-6-10-20-30;2*2-1(3,4)5/h5-12,15-24H,3-4,13-14,25-26H2,1-2H3;2*(H,2,3,4,5)/q+2;;/p-2. The van der Waals surface area contributed by atoms with Crippen LogP contribution in [0.5, 0.6) is 0 Å². The Balaban J connectivity index is 0.000000458. The highest BCUT2D eigenvalue weighted by Crippen LogP contribution is 2.24. The summed E-state index contributed by atoms with van der Waals surface area (Å²) in [4.78, 5) is 0. The van der Waals surface area contributed by atoms with E-state index < -0.39 is 20.5 Å². The molecule has 0 aliphatic rings. The van der Waals surface area contributed by atoms with Crippen molar-refractivity contribution in [2.24, 2.45) is 0 Å². The van der Waals surface area contributed by atoms with Gasteiger partial charge >= 0.3 is 0 Å². The van der Waals surface area contributed by atoms with Gasteiger partial charge in [0.15, 0.2) is 22.8 Å². The van der Waals surface area contributed by atoms with Gasteiger partial charge in [0.05, 0.1) is 25.5 Å². The first-order valence-corrected chi connectivity index (χ1v) is 17.5. The zero-order chi connectivity index (χ0) is 34.9. The van der Waals surface area contributed by atoms with Gasteiger partial charge in [0.1, 0.15) is 0 Å². The zero-order valence-electron chi connectivity index (χ0n) is 26.4. The summed E-state index contributed by atoms with van der Waals surface area (Å²) < 4.78 is 77.6. The molecule has 254 valence electrons. The SMILES string of the molecule is Cc1c(-c2ccccc2)[n+](CCCCCC[n+]2c(-c3ccccc3)c(C)n3ccccc32)c2ccccn12.[O-][Cl+3]([O-])([O-])[O-].[O-][Cl+3]([O-])([O-])[O-]. The third-order valence-electron chi connectivity index (χ3n) is 7.79. The first-order chi connectivity index (χ1) is 22.7. The van der Waals surface area contributed by atoms with Crippen LogP contribution in [0.2, 0.25) is 0 Å². The summed E-state index contributed by atoms with van der Waals surface area (Å²) in [6, 6.07) is 34.6. The summed E-state index contributed by atoms with van der Waals surface area (Å²) in [5.74, 6) is 0. The molecule has 0 fully saturated rings. The third kappa shape index (κ3) is 10.3. The number of benzene rings is 2. The number of hydrogen-bond acceptors (Lipinski definition) is 8. The molecule has 0 spiro atoms. The van der Waals surface area contributed by atoms with Gasteiger partial charge in [0.2, 0.25) is 0 Å². The largest absolute Gasteiger partial charge is 0.286 e. The number of halogens is 2. The third-order valence-corrected chi connectivity index (χ3v) is 7.79. The van der Waals surface area contributed by atoms with E-state index in [2.05, 4.69) is 141 Å². The maximum atomic E-state index is 8.49. The molecular formula is C34H36Cl2N4O8. The first-order valence-electron chi connectivity index (χ1n) is 15.1. The summed E-state index contributed by atoms with van der Waals surface area (Å²) in [5.41, 5.74) is 10.4. The predicted molar refractivity (Wildman–Crippen MR) is 154 cm³/mol. The van der Waals surface area contributed by atoms with Crippen LogP contribution in [-0.2, 0) is 13.1 Å². The van der Waals surface area contributed by atoms with E-state index in [9.17, 15) is 0 Å². The quantitative estimate of drug-likeness (QED) is 0.116. The van der Waals surface area contributed by atoms with Gasteiger partial charge in [0, 0.05) is 37.1 Å². The van der Waals surface area contributed by atoms with Crippen LogP contribution >= 0.6 is 0 Å². The topological polar surface area (TPSA) is 201 Å². The van der Waals surface area contributed by atoms with E-state index in [1.807, 2.05) is 0 Å². The lowest BCUT2D eigenvalue weighted by molar-refractivity contribution is -2.00. The molecule has 12 nitrogen and oxygen atoms in total. The second kappa shape index (κ2) is 16.5. The van der Waals surface area contributed by atoms with E-state index in [4.69, 9.17) is 37.3 Å². The van der Waals surface area contributed by atoms with Crippen molar-refractivity contribution in [2.75, 3.05) is 0 Å². The normalized spacial score (nSPS) is 11.6. The lowest BCUT2D eigenvalue weighted by atomic mass is 10.1. The van der Waals surface area contributed by atoms with E-state index in [0.29, 0.717) is 0 Å². The van der Waals surface area contributed by atoms with Crippen LogP contribution in [0.3, 0.4) is 0 Å². The van der Waals surface area contributed by atoms with Gasteiger partial charge in [-0.05, 0) is 37.8 Å².